The van der Waals surface area contributed by atoms with Crippen LogP contribution in [0.15, 0.2) is 22.8 Å². The number of hydrogen-bond acceptors (Lipinski definition) is 2. The van der Waals surface area contributed by atoms with E-state index >= 15 is 0 Å². The fourth-order valence-corrected chi connectivity index (χ4v) is 1.32. The molecule has 90 valence electrons. The molecule has 1 atom stereocenters. The van der Waals surface area contributed by atoms with Crippen LogP contribution in [0.2, 0.25) is 0 Å². The van der Waals surface area contributed by atoms with E-state index in [1.807, 2.05) is 0 Å². The van der Waals surface area contributed by atoms with Gasteiger partial charge in [0, 0.05) is 0 Å². The largest absolute Gasteiger partial charge is 0.455 e. The van der Waals surface area contributed by atoms with Gasteiger partial charge < -0.3 is 5.73 Å². The molecule has 0 radical (unpaired) electrons. The number of rotatable bonds is 2. The van der Waals surface area contributed by atoms with Crippen molar-refractivity contribution < 1.29 is 22.0 Å². The third-order valence-electron chi connectivity index (χ3n) is 1.82. The molecular weight excluding hydrogens is 299 g/mol. The molecule has 1 rings (SSSR count). The quantitative estimate of drug-likeness (QED) is 0.674. The third-order valence-corrected chi connectivity index (χ3v) is 2.27. The average molecular weight is 305 g/mol. The summed E-state index contributed by atoms with van der Waals surface area (Å²) in [6.07, 6.45) is -5.70. The van der Waals surface area contributed by atoms with Gasteiger partial charge in [0.2, 0.25) is 0 Å². The van der Waals surface area contributed by atoms with Crippen LogP contribution < -0.4 is 5.73 Å². The number of nitrogens with two attached hydrogens (primary N) is 1. The smallest absolute Gasteiger partial charge is 0.317 e. The lowest BCUT2D eigenvalue weighted by molar-refractivity contribution is -0.291. The van der Waals surface area contributed by atoms with Crippen LogP contribution in [-0.2, 0) is 0 Å². The Hall–Kier alpha value is -0.760. The van der Waals surface area contributed by atoms with Crippen molar-refractivity contribution in [2.24, 2.45) is 5.73 Å². The molecule has 0 fully saturated rings. The summed E-state index contributed by atoms with van der Waals surface area (Å²) in [5.74, 6) is -5.01. The van der Waals surface area contributed by atoms with E-state index in [4.69, 9.17) is 5.73 Å². The SMILES string of the molecule is N[C@@H](c1cccc(Br)n1)C(F)(F)C(F)(F)F. The van der Waals surface area contributed by atoms with E-state index in [1.54, 1.807) is 0 Å². The summed E-state index contributed by atoms with van der Waals surface area (Å²) in [6.45, 7) is 0. The Bertz CT molecular complexity index is 379. The first kappa shape index (κ1) is 13.3. The predicted octanol–water partition coefficient (Wildman–Crippen LogP) is 3.04. The van der Waals surface area contributed by atoms with Gasteiger partial charge in [0.25, 0.3) is 0 Å². The zero-order valence-electron chi connectivity index (χ0n) is 7.60. The van der Waals surface area contributed by atoms with E-state index in [0.29, 0.717) is 0 Å². The predicted molar refractivity (Wildman–Crippen MR) is 49.9 cm³/mol. The summed E-state index contributed by atoms with van der Waals surface area (Å²) in [6, 6.07) is 1.15. The van der Waals surface area contributed by atoms with Crippen molar-refractivity contribution in [3.05, 3.63) is 28.5 Å². The molecule has 1 heterocycles. The van der Waals surface area contributed by atoms with E-state index < -0.39 is 23.8 Å². The summed E-state index contributed by atoms with van der Waals surface area (Å²) in [5.41, 5.74) is 4.34. The Kier molecular flexibility index (Phi) is 3.53. The maximum atomic E-state index is 12.8. The second-order valence-corrected chi connectivity index (χ2v) is 3.80. The van der Waals surface area contributed by atoms with Gasteiger partial charge in [0.1, 0.15) is 10.6 Å². The van der Waals surface area contributed by atoms with E-state index in [-0.39, 0.29) is 4.60 Å². The topological polar surface area (TPSA) is 38.9 Å². The molecule has 1 aromatic rings. The molecule has 2 nitrogen and oxygen atoms in total. The summed E-state index contributed by atoms with van der Waals surface area (Å²) in [4.78, 5) is 3.46. The molecule has 0 aliphatic carbocycles. The van der Waals surface area contributed by atoms with Crippen molar-refractivity contribution in [1.29, 1.82) is 0 Å². The normalized spacial score (nSPS) is 14.9. The average Bonchev–Trinajstić information content (AvgIpc) is 2.14. The van der Waals surface area contributed by atoms with Crippen LogP contribution in [0.1, 0.15) is 11.7 Å². The van der Waals surface area contributed by atoms with Crippen LogP contribution in [0.4, 0.5) is 22.0 Å². The maximum Gasteiger partial charge on any atom is 0.455 e. The molecule has 0 aliphatic rings. The first-order valence-corrected chi connectivity index (χ1v) is 4.78. The lowest BCUT2D eigenvalue weighted by atomic mass is 10.1. The van der Waals surface area contributed by atoms with Crippen molar-refractivity contribution >= 4 is 15.9 Å². The van der Waals surface area contributed by atoms with Crippen molar-refractivity contribution in [1.82, 2.24) is 4.98 Å². The Morgan fingerprint density at radius 2 is 1.75 bits per heavy atom. The first-order chi connectivity index (χ1) is 7.16. The third kappa shape index (κ3) is 2.49. The Labute approximate surface area is 95.8 Å². The fraction of sp³-hybridized carbons (Fsp3) is 0.375. The number of aromatic nitrogens is 1. The first-order valence-electron chi connectivity index (χ1n) is 3.99. The number of nitrogens with zero attached hydrogens (tertiary/aromatic N) is 1. The number of halogens is 6. The number of hydrogen-bond donors (Lipinski definition) is 1. The molecule has 1 aromatic heterocycles. The Morgan fingerprint density at radius 1 is 1.19 bits per heavy atom. The monoisotopic (exact) mass is 304 g/mol. The zero-order valence-corrected chi connectivity index (χ0v) is 9.19. The van der Waals surface area contributed by atoms with Crippen LogP contribution in [0, 0.1) is 0 Å². The number of pyridine rings is 1. The molecule has 8 heteroatoms. The highest BCUT2D eigenvalue weighted by molar-refractivity contribution is 9.10. The van der Waals surface area contributed by atoms with Crippen LogP contribution in [0.5, 0.6) is 0 Å². The molecule has 0 unspecified atom stereocenters. The highest BCUT2D eigenvalue weighted by Crippen LogP contribution is 2.42. The lowest BCUT2D eigenvalue weighted by Gasteiger charge is -2.25. The van der Waals surface area contributed by atoms with E-state index in [2.05, 4.69) is 20.9 Å². The molecule has 2 N–H and O–H groups in total. The van der Waals surface area contributed by atoms with Gasteiger partial charge in [-0.05, 0) is 28.1 Å². The van der Waals surface area contributed by atoms with E-state index in [0.717, 1.165) is 6.07 Å². The molecule has 0 saturated heterocycles. The summed E-state index contributed by atoms with van der Waals surface area (Å²) in [5, 5.41) is 0. The second kappa shape index (κ2) is 4.25. The molecule has 0 saturated carbocycles. The molecule has 0 bridgehead atoms. The maximum absolute atomic E-state index is 12.8. The van der Waals surface area contributed by atoms with E-state index in [1.165, 1.54) is 12.1 Å². The molecule has 0 spiro atoms. The van der Waals surface area contributed by atoms with Crippen LogP contribution in [0.3, 0.4) is 0 Å². The zero-order chi connectivity index (χ0) is 12.6. The van der Waals surface area contributed by atoms with Gasteiger partial charge in [-0.3, -0.25) is 0 Å². The standard InChI is InChI=1S/C8H6BrF5N2/c9-5-3-1-2-4(16-5)6(15)7(10,11)8(12,13)14/h1-3,6H,15H2/t6-/m0/s1. The molecular formula is C8H6BrF5N2. The highest BCUT2D eigenvalue weighted by Gasteiger charge is 2.62. The molecule has 0 aromatic carbocycles. The minimum Gasteiger partial charge on any atom is -0.317 e. The van der Waals surface area contributed by atoms with Gasteiger partial charge in [-0.1, -0.05) is 6.07 Å². The van der Waals surface area contributed by atoms with Crippen molar-refractivity contribution in [2.45, 2.75) is 18.1 Å². The lowest BCUT2D eigenvalue weighted by Crippen LogP contribution is -2.46. The van der Waals surface area contributed by atoms with Gasteiger partial charge >= 0.3 is 12.1 Å². The minimum atomic E-state index is -5.70. The molecule has 0 amide bonds. The van der Waals surface area contributed by atoms with Gasteiger partial charge in [0.15, 0.2) is 0 Å². The van der Waals surface area contributed by atoms with Gasteiger partial charge in [-0.15, -0.1) is 0 Å². The molecule has 16 heavy (non-hydrogen) atoms. The van der Waals surface area contributed by atoms with Crippen molar-refractivity contribution in [2.75, 3.05) is 0 Å². The molecule has 0 aliphatic heterocycles. The van der Waals surface area contributed by atoms with Gasteiger partial charge in [-0.2, -0.15) is 22.0 Å². The Balaban J connectivity index is 3.07. The summed E-state index contributed by atoms with van der Waals surface area (Å²) in [7, 11) is 0. The van der Waals surface area contributed by atoms with Crippen molar-refractivity contribution in [3.63, 3.8) is 0 Å². The van der Waals surface area contributed by atoms with Crippen LogP contribution in [-0.4, -0.2) is 17.1 Å². The summed E-state index contributed by atoms with van der Waals surface area (Å²) < 4.78 is 61.8. The van der Waals surface area contributed by atoms with Crippen LogP contribution >= 0.6 is 15.9 Å². The minimum absolute atomic E-state index is 0.137. The Morgan fingerprint density at radius 3 is 2.19 bits per heavy atom. The second-order valence-electron chi connectivity index (χ2n) is 2.98. The van der Waals surface area contributed by atoms with Gasteiger partial charge in [-0.25, -0.2) is 4.98 Å². The van der Waals surface area contributed by atoms with Crippen LogP contribution in [0.25, 0.3) is 0 Å². The van der Waals surface area contributed by atoms with E-state index in [9.17, 15) is 22.0 Å². The van der Waals surface area contributed by atoms with Gasteiger partial charge in [0.05, 0.1) is 5.69 Å². The highest BCUT2D eigenvalue weighted by atomic mass is 79.9. The number of alkyl halides is 5. The summed E-state index contributed by atoms with van der Waals surface area (Å²) >= 11 is 2.85. The fourth-order valence-electron chi connectivity index (χ4n) is 0.959. The van der Waals surface area contributed by atoms with Crippen molar-refractivity contribution in [3.8, 4) is 0 Å².